The number of rotatable bonds is 6. The Morgan fingerprint density at radius 1 is 1.50 bits per heavy atom. The quantitative estimate of drug-likeness (QED) is 0.366. The molecular formula is C11H14N4OS2. The fourth-order valence-corrected chi connectivity index (χ4v) is 2.42. The van der Waals surface area contributed by atoms with Gasteiger partial charge in [-0.25, -0.2) is 10.8 Å². The lowest BCUT2D eigenvalue weighted by atomic mass is 10.4. The van der Waals surface area contributed by atoms with E-state index in [4.69, 9.17) is 10.6 Å². The molecule has 0 fully saturated rings. The molecule has 2 rings (SSSR count). The molecule has 7 heteroatoms. The van der Waals surface area contributed by atoms with Crippen LogP contribution in [0.5, 0.6) is 5.88 Å². The molecule has 18 heavy (non-hydrogen) atoms. The van der Waals surface area contributed by atoms with Gasteiger partial charge >= 0.3 is 0 Å². The smallest absolute Gasteiger partial charge is 0.219 e. The summed E-state index contributed by atoms with van der Waals surface area (Å²) in [5, 5.41) is 2.69. The van der Waals surface area contributed by atoms with E-state index in [0.29, 0.717) is 23.5 Å². The van der Waals surface area contributed by atoms with E-state index in [2.05, 4.69) is 26.8 Å². The molecule has 5 nitrogen and oxygen atoms in total. The number of thioether (sulfide) groups is 1. The molecule has 2 heterocycles. The van der Waals surface area contributed by atoms with Gasteiger partial charge in [-0.1, -0.05) is 17.8 Å². The Labute approximate surface area is 114 Å². The maximum Gasteiger partial charge on any atom is 0.219 e. The normalized spacial score (nSPS) is 10.3. The van der Waals surface area contributed by atoms with Crippen molar-refractivity contribution in [2.75, 3.05) is 18.3 Å². The van der Waals surface area contributed by atoms with Crippen molar-refractivity contribution in [1.29, 1.82) is 0 Å². The molecule has 0 saturated heterocycles. The van der Waals surface area contributed by atoms with E-state index >= 15 is 0 Å². The van der Waals surface area contributed by atoms with Gasteiger partial charge < -0.3 is 10.2 Å². The van der Waals surface area contributed by atoms with E-state index in [1.165, 1.54) is 16.6 Å². The van der Waals surface area contributed by atoms with Crippen LogP contribution in [0.2, 0.25) is 0 Å². The predicted molar refractivity (Wildman–Crippen MR) is 75.1 cm³/mol. The van der Waals surface area contributed by atoms with Gasteiger partial charge in [-0.3, -0.25) is 0 Å². The number of nitrogens with two attached hydrogens (primary N) is 1. The number of ether oxygens (including phenoxy) is 1. The van der Waals surface area contributed by atoms with Crippen molar-refractivity contribution in [2.24, 2.45) is 5.84 Å². The molecule has 0 aromatic carbocycles. The molecule has 0 radical (unpaired) electrons. The summed E-state index contributed by atoms with van der Waals surface area (Å²) in [6.45, 7) is 0.593. The van der Waals surface area contributed by atoms with Gasteiger partial charge in [0.2, 0.25) is 5.88 Å². The van der Waals surface area contributed by atoms with Crippen LogP contribution >= 0.6 is 23.1 Å². The summed E-state index contributed by atoms with van der Waals surface area (Å²) in [5.41, 5.74) is 2.50. The van der Waals surface area contributed by atoms with Crippen molar-refractivity contribution < 1.29 is 4.74 Å². The minimum absolute atomic E-state index is 0.541. The van der Waals surface area contributed by atoms with Crippen LogP contribution < -0.4 is 16.0 Å². The van der Waals surface area contributed by atoms with Crippen LogP contribution in [0.15, 0.2) is 28.7 Å². The van der Waals surface area contributed by atoms with Crippen molar-refractivity contribution in [1.82, 2.24) is 9.97 Å². The third-order valence-electron chi connectivity index (χ3n) is 2.19. The predicted octanol–water partition coefficient (Wildman–Crippen LogP) is 2.17. The molecule has 0 atom stereocenters. The van der Waals surface area contributed by atoms with Crippen LogP contribution in [-0.2, 0) is 6.42 Å². The van der Waals surface area contributed by atoms with E-state index in [0.717, 1.165) is 6.42 Å². The Morgan fingerprint density at radius 3 is 3.06 bits per heavy atom. The van der Waals surface area contributed by atoms with Crippen LogP contribution in [0.3, 0.4) is 0 Å². The summed E-state index contributed by atoms with van der Waals surface area (Å²) in [5.74, 6) is 6.44. The second-order valence-corrected chi connectivity index (χ2v) is 5.21. The highest BCUT2D eigenvalue weighted by Crippen LogP contribution is 2.18. The van der Waals surface area contributed by atoms with Gasteiger partial charge in [0.25, 0.3) is 0 Å². The van der Waals surface area contributed by atoms with Gasteiger partial charge in [0.05, 0.1) is 6.61 Å². The monoisotopic (exact) mass is 282 g/mol. The molecule has 0 aliphatic rings. The standard InChI is InChI=1S/C11H14N4OS2/c1-17-11-13-9(15-12)7-10(14-11)16-5-4-8-3-2-6-18-8/h2-3,6-7H,4-5,12H2,1H3,(H,13,14,15). The Morgan fingerprint density at radius 2 is 2.39 bits per heavy atom. The van der Waals surface area contributed by atoms with E-state index in [1.807, 2.05) is 12.3 Å². The summed E-state index contributed by atoms with van der Waals surface area (Å²) in [6, 6.07) is 5.81. The lowest BCUT2D eigenvalue weighted by molar-refractivity contribution is 0.307. The second kappa shape index (κ2) is 6.58. The Balaban J connectivity index is 1.95. The maximum atomic E-state index is 5.61. The molecule has 0 saturated carbocycles. The average molecular weight is 282 g/mol. The third-order valence-corrected chi connectivity index (χ3v) is 3.67. The van der Waals surface area contributed by atoms with E-state index in [-0.39, 0.29) is 0 Å². The van der Waals surface area contributed by atoms with Crippen molar-refractivity contribution in [3.63, 3.8) is 0 Å². The van der Waals surface area contributed by atoms with Gasteiger partial charge in [0.1, 0.15) is 5.82 Å². The van der Waals surface area contributed by atoms with E-state index < -0.39 is 0 Å². The van der Waals surface area contributed by atoms with Crippen molar-refractivity contribution >= 4 is 28.9 Å². The Hall–Kier alpha value is -1.31. The number of nitrogen functional groups attached to an aromatic ring is 1. The number of anilines is 1. The maximum absolute atomic E-state index is 5.61. The summed E-state index contributed by atoms with van der Waals surface area (Å²) < 4.78 is 5.61. The molecule has 0 spiro atoms. The first-order chi connectivity index (χ1) is 8.81. The first-order valence-corrected chi connectivity index (χ1v) is 7.47. The Kier molecular flexibility index (Phi) is 4.80. The van der Waals surface area contributed by atoms with E-state index in [9.17, 15) is 0 Å². The zero-order chi connectivity index (χ0) is 12.8. The first-order valence-electron chi connectivity index (χ1n) is 5.36. The summed E-state index contributed by atoms with van der Waals surface area (Å²) in [4.78, 5) is 9.72. The number of thiophene rings is 1. The molecule has 96 valence electrons. The molecule has 0 aliphatic carbocycles. The van der Waals surface area contributed by atoms with Crippen LogP contribution in [0.4, 0.5) is 5.82 Å². The molecule has 0 bridgehead atoms. The number of hydrazine groups is 1. The number of hydrogen-bond acceptors (Lipinski definition) is 7. The number of aromatic nitrogens is 2. The van der Waals surface area contributed by atoms with Crippen molar-refractivity contribution in [3.05, 3.63) is 28.5 Å². The number of nitrogens with zero attached hydrogens (tertiary/aromatic N) is 2. The number of hydrogen-bond donors (Lipinski definition) is 2. The fourth-order valence-electron chi connectivity index (χ4n) is 1.35. The summed E-state index contributed by atoms with van der Waals surface area (Å²) in [6.07, 6.45) is 2.78. The topological polar surface area (TPSA) is 73.1 Å². The lowest BCUT2D eigenvalue weighted by Gasteiger charge is -2.07. The first kappa shape index (κ1) is 13.1. The highest BCUT2D eigenvalue weighted by atomic mass is 32.2. The highest BCUT2D eigenvalue weighted by molar-refractivity contribution is 7.98. The summed E-state index contributed by atoms with van der Waals surface area (Å²) >= 11 is 3.17. The molecule has 2 aromatic rings. The van der Waals surface area contributed by atoms with Crippen molar-refractivity contribution in [2.45, 2.75) is 11.6 Å². The minimum Gasteiger partial charge on any atom is -0.477 e. The molecular weight excluding hydrogens is 268 g/mol. The highest BCUT2D eigenvalue weighted by Gasteiger charge is 2.04. The minimum atomic E-state index is 0.541. The molecule has 3 N–H and O–H groups in total. The van der Waals surface area contributed by atoms with Gasteiger partial charge in [0.15, 0.2) is 5.16 Å². The van der Waals surface area contributed by atoms with Gasteiger partial charge in [-0.15, -0.1) is 11.3 Å². The van der Waals surface area contributed by atoms with E-state index in [1.54, 1.807) is 17.4 Å². The SMILES string of the molecule is CSc1nc(NN)cc(OCCc2cccs2)n1. The van der Waals surface area contributed by atoms with Crippen LogP contribution in [0.25, 0.3) is 0 Å². The third kappa shape index (κ3) is 3.59. The van der Waals surface area contributed by atoms with Crippen molar-refractivity contribution in [3.8, 4) is 5.88 Å². The van der Waals surface area contributed by atoms with Crippen LogP contribution in [-0.4, -0.2) is 22.8 Å². The fraction of sp³-hybridized carbons (Fsp3) is 0.273. The zero-order valence-corrected chi connectivity index (χ0v) is 11.6. The molecule has 0 unspecified atom stereocenters. The zero-order valence-electron chi connectivity index (χ0n) is 9.92. The van der Waals surface area contributed by atoms with Crippen LogP contribution in [0.1, 0.15) is 4.88 Å². The van der Waals surface area contributed by atoms with Crippen LogP contribution in [0, 0.1) is 0 Å². The molecule has 0 amide bonds. The largest absolute Gasteiger partial charge is 0.477 e. The summed E-state index contributed by atoms with van der Waals surface area (Å²) in [7, 11) is 0. The molecule has 0 aliphatic heterocycles. The van der Waals surface area contributed by atoms with Gasteiger partial charge in [-0.2, -0.15) is 4.98 Å². The number of nitrogens with one attached hydrogen (secondary N) is 1. The Bertz CT molecular complexity index is 468. The van der Waals surface area contributed by atoms with Gasteiger partial charge in [0, 0.05) is 17.4 Å². The molecule has 2 aromatic heterocycles. The lowest BCUT2D eigenvalue weighted by Crippen LogP contribution is -2.10. The average Bonchev–Trinajstić information content (AvgIpc) is 2.91. The second-order valence-electron chi connectivity index (χ2n) is 3.40. The van der Waals surface area contributed by atoms with Gasteiger partial charge in [-0.05, 0) is 17.7 Å².